The van der Waals surface area contributed by atoms with Crippen molar-refractivity contribution in [2.24, 2.45) is 16.7 Å². The van der Waals surface area contributed by atoms with Crippen LogP contribution in [0.5, 0.6) is 0 Å². The summed E-state index contributed by atoms with van der Waals surface area (Å²) in [5.74, 6) is -1.29. The standard InChI is InChI=1S/C11H19NO3/c1-10(2)7(8(13)14)5-6-11(10,3)9(15)12-4/h7H,5-6H2,1-4H3,(H,12,15)(H,13,14). The lowest BCUT2D eigenvalue weighted by Gasteiger charge is -2.38. The molecule has 2 atom stereocenters. The molecule has 1 aliphatic carbocycles. The fraction of sp³-hybridized carbons (Fsp3) is 0.818. The Morgan fingerprint density at radius 1 is 1.33 bits per heavy atom. The second-order valence-corrected chi connectivity index (χ2v) is 5.06. The lowest BCUT2D eigenvalue weighted by Crippen LogP contribution is -2.47. The fourth-order valence-corrected chi connectivity index (χ4v) is 2.61. The molecule has 0 heterocycles. The van der Waals surface area contributed by atoms with Crippen molar-refractivity contribution in [2.75, 3.05) is 7.05 Å². The molecule has 1 fully saturated rings. The van der Waals surface area contributed by atoms with Crippen LogP contribution >= 0.6 is 0 Å². The molecule has 86 valence electrons. The Labute approximate surface area is 90.0 Å². The first kappa shape index (κ1) is 12.0. The highest BCUT2D eigenvalue weighted by atomic mass is 16.4. The molecular formula is C11H19NO3. The van der Waals surface area contributed by atoms with Crippen molar-refractivity contribution in [3.63, 3.8) is 0 Å². The van der Waals surface area contributed by atoms with Crippen LogP contribution in [0.4, 0.5) is 0 Å². The molecule has 0 spiro atoms. The van der Waals surface area contributed by atoms with Crippen LogP contribution in [0.2, 0.25) is 0 Å². The van der Waals surface area contributed by atoms with Crippen LogP contribution in [0.25, 0.3) is 0 Å². The van der Waals surface area contributed by atoms with E-state index in [0.29, 0.717) is 12.8 Å². The van der Waals surface area contributed by atoms with Gasteiger partial charge in [0.05, 0.1) is 11.3 Å². The highest BCUT2D eigenvalue weighted by Crippen LogP contribution is 2.55. The molecule has 0 aromatic heterocycles. The lowest BCUT2D eigenvalue weighted by molar-refractivity contribution is -0.148. The van der Waals surface area contributed by atoms with Gasteiger partial charge < -0.3 is 10.4 Å². The summed E-state index contributed by atoms with van der Waals surface area (Å²) in [6.07, 6.45) is 1.21. The summed E-state index contributed by atoms with van der Waals surface area (Å²) in [5.41, 5.74) is -1.08. The van der Waals surface area contributed by atoms with Gasteiger partial charge in [0.2, 0.25) is 5.91 Å². The van der Waals surface area contributed by atoms with Gasteiger partial charge in [-0.05, 0) is 18.3 Å². The van der Waals surface area contributed by atoms with Gasteiger partial charge in [0.25, 0.3) is 0 Å². The van der Waals surface area contributed by atoms with Crippen LogP contribution in [0.15, 0.2) is 0 Å². The SMILES string of the molecule is CNC(=O)C1(C)CCC(C(=O)O)C1(C)C. The smallest absolute Gasteiger partial charge is 0.307 e. The first-order chi connectivity index (χ1) is 6.77. The van der Waals surface area contributed by atoms with Gasteiger partial charge in [0.1, 0.15) is 0 Å². The third-order valence-corrected chi connectivity index (χ3v) is 4.25. The molecule has 1 saturated carbocycles. The topological polar surface area (TPSA) is 66.4 Å². The van der Waals surface area contributed by atoms with E-state index in [4.69, 9.17) is 5.11 Å². The zero-order chi connectivity index (χ0) is 11.9. The first-order valence-corrected chi connectivity index (χ1v) is 5.22. The van der Waals surface area contributed by atoms with Gasteiger partial charge in [-0.3, -0.25) is 9.59 Å². The molecule has 0 bridgehead atoms. The first-order valence-electron chi connectivity index (χ1n) is 5.22. The van der Waals surface area contributed by atoms with E-state index >= 15 is 0 Å². The average Bonchev–Trinajstić information content (AvgIpc) is 2.38. The van der Waals surface area contributed by atoms with Crippen LogP contribution in [0, 0.1) is 16.7 Å². The molecule has 1 rings (SSSR count). The third kappa shape index (κ3) is 1.52. The number of carbonyl (C=O) groups excluding carboxylic acids is 1. The van der Waals surface area contributed by atoms with Gasteiger partial charge in [0.15, 0.2) is 0 Å². The van der Waals surface area contributed by atoms with Crippen LogP contribution in [-0.2, 0) is 9.59 Å². The molecular weight excluding hydrogens is 194 g/mol. The minimum Gasteiger partial charge on any atom is -0.481 e. The van der Waals surface area contributed by atoms with Crippen LogP contribution in [0.1, 0.15) is 33.6 Å². The Kier molecular flexibility index (Phi) is 2.81. The predicted molar refractivity (Wildman–Crippen MR) is 56.3 cm³/mol. The van der Waals surface area contributed by atoms with Crippen molar-refractivity contribution in [3.8, 4) is 0 Å². The number of hydrogen-bond acceptors (Lipinski definition) is 2. The van der Waals surface area contributed by atoms with Crippen molar-refractivity contribution in [2.45, 2.75) is 33.6 Å². The molecule has 2 N–H and O–H groups in total. The number of carbonyl (C=O) groups is 2. The summed E-state index contributed by atoms with van der Waals surface area (Å²) in [4.78, 5) is 22.9. The van der Waals surface area contributed by atoms with E-state index in [-0.39, 0.29) is 5.91 Å². The van der Waals surface area contributed by atoms with Crippen molar-refractivity contribution >= 4 is 11.9 Å². The van der Waals surface area contributed by atoms with Gasteiger partial charge in [-0.1, -0.05) is 20.8 Å². The Morgan fingerprint density at radius 3 is 2.20 bits per heavy atom. The largest absolute Gasteiger partial charge is 0.481 e. The maximum atomic E-state index is 11.8. The zero-order valence-electron chi connectivity index (χ0n) is 9.76. The molecule has 0 aromatic rings. The maximum absolute atomic E-state index is 11.8. The molecule has 0 saturated heterocycles. The van der Waals surface area contributed by atoms with Gasteiger partial charge in [0, 0.05) is 7.05 Å². The molecule has 1 amide bonds. The Hall–Kier alpha value is -1.06. The van der Waals surface area contributed by atoms with Crippen molar-refractivity contribution < 1.29 is 14.7 Å². The number of amides is 1. The number of rotatable bonds is 2. The number of nitrogens with one attached hydrogen (secondary N) is 1. The van der Waals surface area contributed by atoms with Crippen molar-refractivity contribution in [3.05, 3.63) is 0 Å². The minimum atomic E-state index is -0.798. The number of carboxylic acids is 1. The highest BCUT2D eigenvalue weighted by Gasteiger charge is 2.57. The number of aliphatic carboxylic acids is 1. The van der Waals surface area contributed by atoms with E-state index in [1.54, 1.807) is 7.05 Å². The average molecular weight is 213 g/mol. The summed E-state index contributed by atoms with van der Waals surface area (Å²) in [7, 11) is 1.59. The van der Waals surface area contributed by atoms with Crippen LogP contribution in [0.3, 0.4) is 0 Å². The Morgan fingerprint density at radius 2 is 1.87 bits per heavy atom. The van der Waals surface area contributed by atoms with E-state index < -0.39 is 22.7 Å². The van der Waals surface area contributed by atoms with Gasteiger partial charge >= 0.3 is 5.97 Å². The maximum Gasteiger partial charge on any atom is 0.307 e. The molecule has 0 radical (unpaired) electrons. The highest BCUT2D eigenvalue weighted by molar-refractivity contribution is 5.85. The second-order valence-electron chi connectivity index (χ2n) is 5.06. The summed E-state index contributed by atoms with van der Waals surface area (Å²) in [5, 5.41) is 11.7. The molecule has 1 aliphatic rings. The van der Waals surface area contributed by atoms with Gasteiger partial charge in [-0.25, -0.2) is 0 Å². The summed E-state index contributed by atoms with van der Waals surface area (Å²) in [6, 6.07) is 0. The fourth-order valence-electron chi connectivity index (χ4n) is 2.61. The Bertz CT molecular complexity index is 298. The number of hydrogen-bond donors (Lipinski definition) is 2. The summed E-state index contributed by atoms with van der Waals surface area (Å²) < 4.78 is 0. The molecule has 15 heavy (non-hydrogen) atoms. The van der Waals surface area contributed by atoms with Crippen molar-refractivity contribution in [1.29, 1.82) is 0 Å². The van der Waals surface area contributed by atoms with Gasteiger partial charge in [-0.2, -0.15) is 0 Å². The second kappa shape index (κ2) is 3.51. The number of carboxylic acid groups (broad SMARTS) is 1. The predicted octanol–water partition coefficient (Wildman–Crippen LogP) is 1.26. The molecule has 2 unspecified atom stereocenters. The van der Waals surface area contributed by atoms with E-state index in [9.17, 15) is 9.59 Å². The van der Waals surface area contributed by atoms with E-state index in [1.165, 1.54) is 0 Å². The normalized spacial score (nSPS) is 33.7. The van der Waals surface area contributed by atoms with Crippen LogP contribution in [-0.4, -0.2) is 24.0 Å². The summed E-state index contributed by atoms with van der Waals surface area (Å²) in [6.45, 7) is 5.59. The summed E-state index contributed by atoms with van der Waals surface area (Å²) >= 11 is 0. The van der Waals surface area contributed by atoms with E-state index in [2.05, 4.69) is 5.32 Å². The molecule has 4 heteroatoms. The zero-order valence-corrected chi connectivity index (χ0v) is 9.76. The third-order valence-electron chi connectivity index (χ3n) is 4.25. The van der Waals surface area contributed by atoms with Gasteiger partial charge in [-0.15, -0.1) is 0 Å². The van der Waals surface area contributed by atoms with E-state index in [1.807, 2.05) is 20.8 Å². The van der Waals surface area contributed by atoms with Crippen molar-refractivity contribution in [1.82, 2.24) is 5.32 Å². The van der Waals surface area contributed by atoms with Crippen LogP contribution < -0.4 is 5.32 Å². The molecule has 4 nitrogen and oxygen atoms in total. The molecule has 0 aromatic carbocycles. The minimum absolute atomic E-state index is 0.0590. The van der Waals surface area contributed by atoms with E-state index in [0.717, 1.165) is 0 Å². The lowest BCUT2D eigenvalue weighted by atomic mass is 9.65. The Balaban J connectivity index is 3.06. The monoisotopic (exact) mass is 213 g/mol. The molecule has 0 aliphatic heterocycles. The quantitative estimate of drug-likeness (QED) is 0.725.